The van der Waals surface area contributed by atoms with Crippen molar-refractivity contribution in [2.24, 2.45) is 0 Å². The molecule has 3 heterocycles. The molecule has 0 fully saturated rings. The van der Waals surface area contributed by atoms with Crippen LogP contribution in [0.5, 0.6) is 0 Å². The van der Waals surface area contributed by atoms with Gasteiger partial charge < -0.3 is 4.98 Å². The van der Waals surface area contributed by atoms with E-state index in [1.807, 2.05) is 24.3 Å². The maximum absolute atomic E-state index is 12.2. The number of thioether (sulfide) groups is 1. The largest absolute Gasteiger partial charge is 0.306 e. The number of H-pyrrole nitrogens is 1. The van der Waals surface area contributed by atoms with Gasteiger partial charge >= 0.3 is 0 Å². The molecule has 1 aromatic carbocycles. The normalized spacial score (nSPS) is 13.6. The molecule has 0 bridgehead atoms. The van der Waals surface area contributed by atoms with Gasteiger partial charge in [0.2, 0.25) is 0 Å². The van der Waals surface area contributed by atoms with Crippen molar-refractivity contribution in [2.45, 2.75) is 11.5 Å². The van der Waals surface area contributed by atoms with Crippen molar-refractivity contribution in [2.75, 3.05) is 0 Å². The summed E-state index contributed by atoms with van der Waals surface area (Å²) in [5.41, 5.74) is 3.35. The number of pyridine rings is 1. The second-order valence-corrected chi connectivity index (χ2v) is 6.67. The predicted molar refractivity (Wildman–Crippen MR) is 88.3 cm³/mol. The topological polar surface area (TPSA) is 58.6 Å². The molecular weight excluding hydrogens is 350 g/mol. The minimum absolute atomic E-state index is 0.0352. The zero-order chi connectivity index (χ0) is 14.4. The van der Waals surface area contributed by atoms with Crippen LogP contribution < -0.4 is 5.56 Å². The molecule has 6 heteroatoms. The van der Waals surface area contributed by atoms with E-state index in [-0.39, 0.29) is 5.56 Å². The van der Waals surface area contributed by atoms with Gasteiger partial charge in [-0.1, -0.05) is 22.0 Å². The molecule has 1 N–H and O–H groups in total. The summed E-state index contributed by atoms with van der Waals surface area (Å²) in [6, 6.07) is 7.79. The number of aromatic nitrogens is 3. The molecule has 21 heavy (non-hydrogen) atoms. The summed E-state index contributed by atoms with van der Waals surface area (Å²) in [4.78, 5) is 24.1. The van der Waals surface area contributed by atoms with Gasteiger partial charge in [0, 0.05) is 38.7 Å². The van der Waals surface area contributed by atoms with E-state index in [1.165, 1.54) is 0 Å². The van der Waals surface area contributed by atoms with Crippen LogP contribution in [0.2, 0.25) is 0 Å². The Bertz CT molecular complexity index is 922. The van der Waals surface area contributed by atoms with Crippen LogP contribution in [0.25, 0.3) is 22.3 Å². The van der Waals surface area contributed by atoms with E-state index in [4.69, 9.17) is 0 Å². The van der Waals surface area contributed by atoms with Crippen molar-refractivity contribution in [3.63, 3.8) is 0 Å². The van der Waals surface area contributed by atoms with E-state index >= 15 is 0 Å². The molecule has 4 rings (SSSR count). The number of hydrogen-bond acceptors (Lipinski definition) is 4. The molecule has 1 aliphatic rings. The van der Waals surface area contributed by atoms with Crippen molar-refractivity contribution >= 4 is 38.6 Å². The van der Waals surface area contributed by atoms with Crippen molar-refractivity contribution < 1.29 is 0 Å². The minimum Gasteiger partial charge on any atom is -0.306 e. The van der Waals surface area contributed by atoms with E-state index in [0.717, 1.165) is 43.7 Å². The summed E-state index contributed by atoms with van der Waals surface area (Å²) in [5.74, 6) is 2.14. The Morgan fingerprint density at radius 3 is 3.05 bits per heavy atom. The first kappa shape index (κ1) is 13.0. The smallest absolute Gasteiger partial charge is 0.255 e. The van der Waals surface area contributed by atoms with Crippen molar-refractivity contribution in [3.8, 4) is 11.4 Å². The van der Waals surface area contributed by atoms with Crippen LogP contribution >= 0.6 is 27.7 Å². The van der Waals surface area contributed by atoms with Crippen LogP contribution in [0, 0.1) is 0 Å². The van der Waals surface area contributed by atoms with Gasteiger partial charge in [0.25, 0.3) is 5.56 Å². The highest BCUT2D eigenvalue weighted by molar-refractivity contribution is 9.10. The van der Waals surface area contributed by atoms with Gasteiger partial charge in [-0.05, 0) is 18.2 Å². The number of rotatable bonds is 1. The van der Waals surface area contributed by atoms with Crippen molar-refractivity contribution in [1.82, 2.24) is 15.0 Å². The molecule has 0 atom stereocenters. The number of hydrogen-bond donors (Lipinski definition) is 1. The Labute approximate surface area is 133 Å². The highest BCUT2D eigenvalue weighted by atomic mass is 79.9. The van der Waals surface area contributed by atoms with E-state index in [2.05, 4.69) is 30.9 Å². The van der Waals surface area contributed by atoms with Crippen molar-refractivity contribution in [3.05, 3.63) is 56.5 Å². The number of nitrogens with zero attached hydrogens (tertiary/aromatic N) is 2. The third kappa shape index (κ3) is 2.10. The van der Waals surface area contributed by atoms with Crippen LogP contribution in [0.15, 0.2) is 39.7 Å². The summed E-state index contributed by atoms with van der Waals surface area (Å²) in [6.45, 7) is 0. The van der Waals surface area contributed by atoms with Crippen LogP contribution in [0.1, 0.15) is 11.3 Å². The summed E-state index contributed by atoms with van der Waals surface area (Å²) >= 11 is 5.25. The number of halogens is 1. The van der Waals surface area contributed by atoms with Gasteiger partial charge in [0.05, 0.1) is 11.2 Å². The van der Waals surface area contributed by atoms with Gasteiger partial charge in [-0.2, -0.15) is 11.8 Å². The summed E-state index contributed by atoms with van der Waals surface area (Å²) in [7, 11) is 0. The highest BCUT2D eigenvalue weighted by Gasteiger charge is 2.19. The molecule has 0 aliphatic carbocycles. The van der Waals surface area contributed by atoms with Crippen LogP contribution in [-0.4, -0.2) is 15.0 Å². The molecule has 0 amide bonds. The standard InChI is InChI=1S/C15H10BrN3OS/c16-11-4-3-9(13-8(11)2-1-5-17-13)14-18-12-7-21-6-10(12)15(20)19-14/h1-5H,6-7H2,(H,18,19,20). The maximum Gasteiger partial charge on any atom is 0.255 e. The molecule has 3 aromatic rings. The Balaban J connectivity index is 2.02. The van der Waals surface area contributed by atoms with Crippen LogP contribution in [-0.2, 0) is 11.5 Å². The average molecular weight is 360 g/mol. The van der Waals surface area contributed by atoms with Crippen LogP contribution in [0.3, 0.4) is 0 Å². The lowest BCUT2D eigenvalue weighted by Crippen LogP contribution is -2.15. The van der Waals surface area contributed by atoms with Crippen molar-refractivity contribution in [1.29, 1.82) is 0 Å². The first-order valence-electron chi connectivity index (χ1n) is 6.47. The molecule has 2 aromatic heterocycles. The Morgan fingerprint density at radius 2 is 2.14 bits per heavy atom. The van der Waals surface area contributed by atoms with E-state index in [0.29, 0.717) is 5.82 Å². The van der Waals surface area contributed by atoms with Gasteiger partial charge in [-0.15, -0.1) is 0 Å². The van der Waals surface area contributed by atoms with Gasteiger partial charge in [0.15, 0.2) is 0 Å². The fourth-order valence-corrected chi connectivity index (χ4v) is 4.01. The third-order valence-corrected chi connectivity index (χ3v) is 5.22. The van der Waals surface area contributed by atoms with E-state index in [1.54, 1.807) is 18.0 Å². The van der Waals surface area contributed by atoms with E-state index < -0.39 is 0 Å². The minimum atomic E-state index is -0.0352. The van der Waals surface area contributed by atoms with Gasteiger partial charge in [-0.3, -0.25) is 9.78 Å². The highest BCUT2D eigenvalue weighted by Crippen LogP contribution is 2.31. The lowest BCUT2D eigenvalue weighted by molar-refractivity contribution is 1.03. The fourth-order valence-electron chi connectivity index (χ4n) is 2.52. The first-order chi connectivity index (χ1) is 10.2. The molecule has 0 radical (unpaired) electrons. The first-order valence-corrected chi connectivity index (χ1v) is 8.42. The number of benzene rings is 1. The lowest BCUT2D eigenvalue weighted by Gasteiger charge is -2.08. The molecule has 0 spiro atoms. The SMILES string of the molecule is O=c1[nH]c(-c2ccc(Br)c3cccnc23)nc2c1CSC2. The molecular formula is C15H10BrN3OS. The number of aromatic amines is 1. The molecule has 1 aliphatic heterocycles. The molecule has 104 valence electrons. The van der Waals surface area contributed by atoms with Gasteiger partial charge in [0.1, 0.15) is 5.82 Å². The van der Waals surface area contributed by atoms with Gasteiger partial charge in [-0.25, -0.2) is 4.98 Å². The Morgan fingerprint density at radius 1 is 1.24 bits per heavy atom. The fraction of sp³-hybridized carbons (Fsp3) is 0.133. The van der Waals surface area contributed by atoms with Crippen LogP contribution in [0.4, 0.5) is 0 Å². The summed E-state index contributed by atoms with van der Waals surface area (Å²) < 4.78 is 0.980. The predicted octanol–water partition coefficient (Wildman–Crippen LogP) is 3.49. The summed E-state index contributed by atoms with van der Waals surface area (Å²) in [5, 5.41) is 1.01. The molecule has 0 saturated carbocycles. The lowest BCUT2D eigenvalue weighted by atomic mass is 10.1. The number of nitrogens with one attached hydrogen (secondary N) is 1. The Hall–Kier alpha value is -1.66. The van der Waals surface area contributed by atoms with E-state index in [9.17, 15) is 4.79 Å². The Kier molecular flexibility index (Phi) is 3.08. The molecule has 0 saturated heterocycles. The zero-order valence-corrected chi connectivity index (χ0v) is 13.3. The summed E-state index contributed by atoms with van der Waals surface area (Å²) in [6.07, 6.45) is 1.75. The average Bonchev–Trinajstić information content (AvgIpc) is 2.97. The second kappa shape index (κ2) is 4.96. The quantitative estimate of drug-likeness (QED) is 0.722. The zero-order valence-electron chi connectivity index (χ0n) is 10.9. The molecule has 0 unspecified atom stereocenters. The number of fused-ring (bicyclic) bond motifs is 2. The third-order valence-electron chi connectivity index (χ3n) is 3.56. The maximum atomic E-state index is 12.2. The molecule has 4 nitrogen and oxygen atoms in total. The monoisotopic (exact) mass is 359 g/mol. The second-order valence-electron chi connectivity index (χ2n) is 4.83.